The van der Waals surface area contributed by atoms with Crippen molar-refractivity contribution in [3.63, 3.8) is 0 Å². The number of imidazole rings is 1. The average Bonchev–Trinajstić information content (AvgIpc) is 2.71. The largest absolute Gasteiger partial charge is 0.306 e. The Morgan fingerprint density at radius 2 is 2.00 bits per heavy atom. The van der Waals surface area contributed by atoms with E-state index in [1.54, 1.807) is 30.2 Å². The van der Waals surface area contributed by atoms with Gasteiger partial charge >= 0.3 is 0 Å². The number of halogens is 1. The zero-order valence-electron chi connectivity index (χ0n) is 6.81. The third-order valence-corrected chi connectivity index (χ3v) is 1.78. The summed E-state index contributed by atoms with van der Waals surface area (Å²) in [6.45, 7) is 0. The van der Waals surface area contributed by atoms with E-state index in [-0.39, 0.29) is 0 Å². The van der Waals surface area contributed by atoms with Gasteiger partial charge in [-0.25, -0.2) is 10.5 Å². The Balaban J connectivity index is 2.33. The van der Waals surface area contributed by atoms with Crippen LogP contribution in [0.4, 0.5) is 10.2 Å². The fourth-order valence-electron chi connectivity index (χ4n) is 1.11. The predicted molar refractivity (Wildman–Crippen MR) is 48.3 cm³/mol. The quantitative estimate of drug-likeness (QED) is 0.712. The third-order valence-electron chi connectivity index (χ3n) is 1.78. The maximum atomic E-state index is 11.9. The Kier molecular flexibility index (Phi) is 1.96. The Bertz CT molecular complexity index is 366. The second-order valence-electron chi connectivity index (χ2n) is 2.61. The molecule has 0 saturated heterocycles. The molecule has 4 heteroatoms. The van der Waals surface area contributed by atoms with Gasteiger partial charge in [-0.2, -0.15) is 0 Å². The minimum atomic E-state index is 0.448. The van der Waals surface area contributed by atoms with Crippen molar-refractivity contribution in [3.8, 4) is 5.69 Å². The fraction of sp³-hybridized carbons (Fsp3) is 0. The van der Waals surface area contributed by atoms with Gasteiger partial charge in [0.25, 0.3) is 0 Å². The van der Waals surface area contributed by atoms with Crippen molar-refractivity contribution in [2.24, 2.45) is 0 Å². The number of nitrogens with zero attached hydrogens (tertiary/aromatic N) is 2. The molecule has 0 spiro atoms. The number of hydrogen-bond acceptors (Lipinski definition) is 2. The number of rotatable bonds is 2. The molecule has 2 rings (SSSR count). The Labute approximate surface area is 74.8 Å². The highest BCUT2D eigenvalue weighted by atomic mass is 19.2. The number of nitrogens with one attached hydrogen (secondary N) is 1. The first-order valence-electron chi connectivity index (χ1n) is 3.85. The summed E-state index contributed by atoms with van der Waals surface area (Å²) in [7, 11) is 0. The zero-order valence-corrected chi connectivity index (χ0v) is 6.81. The smallest absolute Gasteiger partial charge is 0.0991 e. The standard InChI is InChI=1S/C9H8FN3/c10-12-8-1-3-9(4-2-8)13-6-5-11-7-13/h1-7,12H. The van der Waals surface area contributed by atoms with Gasteiger partial charge in [0, 0.05) is 18.1 Å². The van der Waals surface area contributed by atoms with Crippen molar-refractivity contribution in [2.75, 3.05) is 5.54 Å². The molecule has 0 amide bonds. The van der Waals surface area contributed by atoms with E-state index in [0.29, 0.717) is 5.69 Å². The lowest BCUT2D eigenvalue weighted by Gasteiger charge is -2.01. The lowest BCUT2D eigenvalue weighted by molar-refractivity contribution is 0.618. The summed E-state index contributed by atoms with van der Waals surface area (Å²) in [5, 5.41) is 0. The summed E-state index contributed by atoms with van der Waals surface area (Å²) in [6, 6.07) is 6.94. The van der Waals surface area contributed by atoms with E-state index >= 15 is 0 Å². The van der Waals surface area contributed by atoms with Crippen molar-refractivity contribution < 1.29 is 4.48 Å². The molecule has 0 radical (unpaired) electrons. The lowest BCUT2D eigenvalue weighted by Crippen LogP contribution is -1.89. The number of anilines is 1. The van der Waals surface area contributed by atoms with Crippen LogP contribution >= 0.6 is 0 Å². The SMILES string of the molecule is FNc1ccc(-n2ccnc2)cc1. The first-order chi connectivity index (χ1) is 6.40. The van der Waals surface area contributed by atoms with Crippen LogP contribution in [-0.4, -0.2) is 9.55 Å². The first kappa shape index (κ1) is 7.79. The monoisotopic (exact) mass is 177 g/mol. The average molecular weight is 177 g/mol. The Morgan fingerprint density at radius 3 is 2.54 bits per heavy atom. The van der Waals surface area contributed by atoms with Gasteiger partial charge in [0.1, 0.15) is 0 Å². The zero-order chi connectivity index (χ0) is 9.10. The molecule has 2 aromatic rings. The van der Waals surface area contributed by atoms with Crippen LogP contribution in [0.25, 0.3) is 5.69 Å². The molecule has 1 aromatic heterocycles. The molecular weight excluding hydrogens is 169 g/mol. The van der Waals surface area contributed by atoms with Crippen LogP contribution in [-0.2, 0) is 0 Å². The third kappa shape index (κ3) is 1.51. The molecular formula is C9H8FN3. The Hall–Kier alpha value is -1.84. The van der Waals surface area contributed by atoms with E-state index in [9.17, 15) is 4.48 Å². The molecule has 3 nitrogen and oxygen atoms in total. The minimum absolute atomic E-state index is 0.448. The van der Waals surface area contributed by atoms with E-state index in [2.05, 4.69) is 4.98 Å². The molecule has 1 heterocycles. The number of aromatic nitrogens is 2. The molecule has 0 saturated carbocycles. The van der Waals surface area contributed by atoms with Gasteiger partial charge in [0.05, 0.1) is 12.0 Å². The summed E-state index contributed by atoms with van der Waals surface area (Å²) in [5.41, 5.74) is 2.98. The van der Waals surface area contributed by atoms with E-state index in [4.69, 9.17) is 0 Å². The summed E-state index contributed by atoms with van der Waals surface area (Å²) in [4.78, 5) is 3.91. The van der Waals surface area contributed by atoms with Gasteiger partial charge in [0.15, 0.2) is 0 Å². The van der Waals surface area contributed by atoms with E-state index in [1.165, 1.54) is 0 Å². The summed E-state index contributed by atoms with van der Waals surface area (Å²) < 4.78 is 13.8. The van der Waals surface area contributed by atoms with Crippen molar-refractivity contribution in [1.82, 2.24) is 9.55 Å². The fourth-order valence-corrected chi connectivity index (χ4v) is 1.11. The van der Waals surface area contributed by atoms with Crippen molar-refractivity contribution in [3.05, 3.63) is 43.0 Å². The minimum Gasteiger partial charge on any atom is -0.306 e. The first-order valence-corrected chi connectivity index (χ1v) is 3.85. The van der Waals surface area contributed by atoms with Gasteiger partial charge < -0.3 is 4.57 Å². The topological polar surface area (TPSA) is 29.9 Å². The van der Waals surface area contributed by atoms with Crippen LogP contribution in [0.15, 0.2) is 43.0 Å². The molecule has 0 unspecified atom stereocenters. The van der Waals surface area contributed by atoms with Gasteiger partial charge in [-0.3, -0.25) is 0 Å². The second kappa shape index (κ2) is 3.26. The maximum absolute atomic E-state index is 11.9. The normalized spacial score (nSPS) is 9.92. The summed E-state index contributed by atoms with van der Waals surface area (Å²) >= 11 is 0. The van der Waals surface area contributed by atoms with Crippen LogP contribution in [0.5, 0.6) is 0 Å². The van der Waals surface area contributed by atoms with Crippen LogP contribution in [0.3, 0.4) is 0 Å². The molecule has 0 aliphatic heterocycles. The number of hydrogen-bond donors (Lipinski definition) is 1. The number of benzene rings is 1. The summed E-state index contributed by atoms with van der Waals surface area (Å²) in [5.74, 6) is 0. The maximum Gasteiger partial charge on any atom is 0.0991 e. The van der Waals surface area contributed by atoms with E-state index in [1.807, 2.05) is 22.9 Å². The molecule has 0 aliphatic carbocycles. The van der Waals surface area contributed by atoms with Gasteiger partial charge in [0.2, 0.25) is 0 Å². The molecule has 1 N–H and O–H groups in total. The predicted octanol–water partition coefficient (Wildman–Crippen LogP) is 2.17. The second-order valence-corrected chi connectivity index (χ2v) is 2.61. The van der Waals surface area contributed by atoms with Crippen molar-refractivity contribution in [2.45, 2.75) is 0 Å². The molecule has 0 aliphatic rings. The summed E-state index contributed by atoms with van der Waals surface area (Å²) in [6.07, 6.45) is 5.22. The highest BCUT2D eigenvalue weighted by molar-refractivity contribution is 5.47. The molecule has 13 heavy (non-hydrogen) atoms. The molecule has 0 fully saturated rings. The van der Waals surface area contributed by atoms with Gasteiger partial charge in [-0.05, 0) is 24.3 Å². The van der Waals surface area contributed by atoms with E-state index in [0.717, 1.165) is 5.69 Å². The highest BCUT2D eigenvalue weighted by Gasteiger charge is 1.94. The van der Waals surface area contributed by atoms with Crippen LogP contribution in [0, 0.1) is 0 Å². The van der Waals surface area contributed by atoms with Crippen molar-refractivity contribution >= 4 is 5.69 Å². The van der Waals surface area contributed by atoms with Crippen LogP contribution in [0.1, 0.15) is 0 Å². The van der Waals surface area contributed by atoms with Crippen LogP contribution in [0.2, 0.25) is 0 Å². The molecule has 0 bridgehead atoms. The molecule has 1 aromatic carbocycles. The lowest BCUT2D eigenvalue weighted by atomic mass is 10.3. The highest BCUT2D eigenvalue weighted by Crippen LogP contribution is 2.12. The molecule has 66 valence electrons. The van der Waals surface area contributed by atoms with Gasteiger partial charge in [-0.15, -0.1) is 4.48 Å². The molecule has 0 atom stereocenters. The van der Waals surface area contributed by atoms with E-state index < -0.39 is 0 Å². The van der Waals surface area contributed by atoms with Crippen molar-refractivity contribution in [1.29, 1.82) is 0 Å². The van der Waals surface area contributed by atoms with Gasteiger partial charge in [-0.1, -0.05) is 0 Å². The van der Waals surface area contributed by atoms with Crippen LogP contribution < -0.4 is 5.54 Å². The Morgan fingerprint density at radius 1 is 1.23 bits per heavy atom.